The molecular weight excluding hydrogens is 254 g/mol. The monoisotopic (exact) mass is 271 g/mol. The Morgan fingerprint density at radius 1 is 1.20 bits per heavy atom. The number of carboxylic acid groups (broad SMARTS) is 1. The van der Waals surface area contributed by atoms with Crippen molar-refractivity contribution in [2.75, 3.05) is 5.73 Å². The van der Waals surface area contributed by atoms with E-state index in [4.69, 9.17) is 5.73 Å². The lowest BCUT2D eigenvalue weighted by atomic mass is 9.99. The number of anilines is 1. The number of hydrogen-bond donors (Lipinski definition) is 2. The van der Waals surface area contributed by atoms with Crippen LogP contribution in [0.3, 0.4) is 0 Å². The molecule has 0 amide bonds. The highest BCUT2D eigenvalue weighted by Crippen LogP contribution is 2.26. The van der Waals surface area contributed by atoms with Gasteiger partial charge in [-0.05, 0) is 18.4 Å². The van der Waals surface area contributed by atoms with Gasteiger partial charge in [0.05, 0.1) is 11.4 Å². The first-order valence-electron chi connectivity index (χ1n) is 6.38. The zero-order chi connectivity index (χ0) is 14.9. The third kappa shape index (κ3) is 2.61. The summed E-state index contributed by atoms with van der Waals surface area (Å²) in [6.07, 6.45) is 0. The maximum Gasteiger partial charge on any atom is 0.339 e. The fourth-order valence-electron chi connectivity index (χ4n) is 2.09. The molecule has 5 heteroatoms. The van der Waals surface area contributed by atoms with E-state index in [1.807, 2.05) is 24.3 Å². The molecule has 0 atom stereocenters. The summed E-state index contributed by atoms with van der Waals surface area (Å²) in [7, 11) is 0. The lowest BCUT2D eigenvalue weighted by molar-refractivity contribution is 0.0696. The normalized spacial score (nSPS) is 10.8. The number of benzene rings is 1. The summed E-state index contributed by atoms with van der Waals surface area (Å²) in [6.45, 7) is 5.82. The molecular formula is C15H17N3O2. The molecule has 0 saturated heterocycles. The lowest BCUT2D eigenvalue weighted by Crippen LogP contribution is -2.09. The largest absolute Gasteiger partial charge is 0.478 e. The average Bonchev–Trinajstić information content (AvgIpc) is 2.37. The van der Waals surface area contributed by atoms with Crippen LogP contribution in [-0.4, -0.2) is 21.0 Å². The molecule has 2 rings (SSSR count). The lowest BCUT2D eigenvalue weighted by Gasteiger charge is -2.10. The van der Waals surface area contributed by atoms with Crippen LogP contribution >= 0.6 is 0 Å². The minimum atomic E-state index is -1.05. The number of aromatic carboxylic acids is 1. The Hall–Kier alpha value is -2.43. The molecule has 1 aromatic carbocycles. The summed E-state index contributed by atoms with van der Waals surface area (Å²) in [6, 6.07) is 7.67. The third-order valence-electron chi connectivity index (χ3n) is 3.17. The van der Waals surface area contributed by atoms with Crippen molar-refractivity contribution in [3.05, 3.63) is 41.1 Å². The van der Waals surface area contributed by atoms with Gasteiger partial charge in [0.1, 0.15) is 5.56 Å². The molecule has 0 bridgehead atoms. The van der Waals surface area contributed by atoms with Crippen LogP contribution in [0.5, 0.6) is 0 Å². The first kappa shape index (κ1) is 14.0. The van der Waals surface area contributed by atoms with Crippen molar-refractivity contribution in [3.63, 3.8) is 0 Å². The fraction of sp³-hybridized carbons (Fsp3) is 0.267. The molecule has 1 heterocycles. The van der Waals surface area contributed by atoms with Gasteiger partial charge in [0.15, 0.2) is 0 Å². The van der Waals surface area contributed by atoms with E-state index in [-0.39, 0.29) is 11.5 Å². The highest BCUT2D eigenvalue weighted by molar-refractivity contribution is 5.96. The van der Waals surface area contributed by atoms with Gasteiger partial charge in [-0.25, -0.2) is 14.8 Å². The van der Waals surface area contributed by atoms with Gasteiger partial charge in [-0.3, -0.25) is 0 Å². The van der Waals surface area contributed by atoms with E-state index < -0.39 is 5.97 Å². The Morgan fingerprint density at radius 3 is 2.30 bits per heavy atom. The Morgan fingerprint density at radius 2 is 1.80 bits per heavy atom. The number of nitrogens with zero attached hydrogens (tertiary/aromatic N) is 2. The highest BCUT2D eigenvalue weighted by atomic mass is 16.4. The standard InChI is InChI=1S/C15H17N3O2/c1-8(2)10-4-6-11(7-5-10)13-12(14(19)20)9(3)17-15(16)18-13/h4-8H,1-3H3,(H,19,20)(H2,16,17,18). The first-order valence-corrected chi connectivity index (χ1v) is 6.38. The van der Waals surface area contributed by atoms with E-state index in [0.717, 1.165) is 5.56 Å². The van der Waals surface area contributed by atoms with Gasteiger partial charge in [-0.1, -0.05) is 38.1 Å². The van der Waals surface area contributed by atoms with Gasteiger partial charge in [0, 0.05) is 5.56 Å². The summed E-state index contributed by atoms with van der Waals surface area (Å²) in [5.41, 5.74) is 8.36. The summed E-state index contributed by atoms with van der Waals surface area (Å²) >= 11 is 0. The van der Waals surface area contributed by atoms with E-state index in [1.54, 1.807) is 6.92 Å². The predicted molar refractivity (Wildman–Crippen MR) is 77.7 cm³/mol. The molecule has 0 aliphatic rings. The molecule has 1 aromatic heterocycles. The minimum absolute atomic E-state index is 0.0791. The van der Waals surface area contributed by atoms with Crippen LogP contribution in [-0.2, 0) is 0 Å². The molecule has 0 radical (unpaired) electrons. The van der Waals surface area contributed by atoms with Crippen molar-refractivity contribution in [3.8, 4) is 11.3 Å². The van der Waals surface area contributed by atoms with Crippen LogP contribution in [0, 0.1) is 6.92 Å². The molecule has 0 saturated carbocycles. The maximum absolute atomic E-state index is 11.4. The summed E-state index contributed by atoms with van der Waals surface area (Å²) in [4.78, 5) is 19.4. The van der Waals surface area contributed by atoms with Crippen molar-refractivity contribution in [2.24, 2.45) is 0 Å². The van der Waals surface area contributed by atoms with Crippen molar-refractivity contribution in [1.29, 1.82) is 0 Å². The van der Waals surface area contributed by atoms with Gasteiger partial charge in [-0.15, -0.1) is 0 Å². The minimum Gasteiger partial charge on any atom is -0.478 e. The number of carboxylic acids is 1. The van der Waals surface area contributed by atoms with Crippen LogP contribution in [0.4, 0.5) is 5.95 Å². The zero-order valence-electron chi connectivity index (χ0n) is 11.7. The number of aryl methyl sites for hydroxylation is 1. The SMILES string of the molecule is Cc1nc(N)nc(-c2ccc(C(C)C)cc2)c1C(=O)O. The molecule has 20 heavy (non-hydrogen) atoms. The van der Waals surface area contributed by atoms with Crippen molar-refractivity contribution in [1.82, 2.24) is 9.97 Å². The van der Waals surface area contributed by atoms with Gasteiger partial charge < -0.3 is 10.8 Å². The van der Waals surface area contributed by atoms with E-state index in [0.29, 0.717) is 17.3 Å². The number of rotatable bonds is 3. The zero-order valence-corrected chi connectivity index (χ0v) is 11.7. The maximum atomic E-state index is 11.4. The second kappa shape index (κ2) is 5.28. The van der Waals surface area contributed by atoms with Crippen LogP contribution in [0.25, 0.3) is 11.3 Å². The summed E-state index contributed by atoms with van der Waals surface area (Å²) < 4.78 is 0. The van der Waals surface area contributed by atoms with Crippen molar-refractivity contribution >= 4 is 11.9 Å². The van der Waals surface area contributed by atoms with E-state index in [9.17, 15) is 9.90 Å². The Balaban J connectivity index is 2.59. The first-order chi connectivity index (χ1) is 9.40. The number of nitrogen functional groups attached to an aromatic ring is 1. The molecule has 3 N–H and O–H groups in total. The van der Waals surface area contributed by atoms with Gasteiger partial charge in [0.2, 0.25) is 5.95 Å². The summed E-state index contributed by atoms with van der Waals surface area (Å²) in [5.74, 6) is -0.555. The smallest absolute Gasteiger partial charge is 0.339 e. The number of hydrogen-bond acceptors (Lipinski definition) is 4. The second-order valence-electron chi connectivity index (χ2n) is 4.97. The second-order valence-corrected chi connectivity index (χ2v) is 4.97. The van der Waals surface area contributed by atoms with Crippen LogP contribution in [0.2, 0.25) is 0 Å². The Kier molecular flexibility index (Phi) is 3.70. The van der Waals surface area contributed by atoms with Crippen LogP contribution in [0.15, 0.2) is 24.3 Å². The van der Waals surface area contributed by atoms with Crippen molar-refractivity contribution < 1.29 is 9.90 Å². The van der Waals surface area contributed by atoms with Gasteiger partial charge in [0.25, 0.3) is 0 Å². The molecule has 0 aliphatic heterocycles. The van der Waals surface area contributed by atoms with Crippen molar-refractivity contribution in [2.45, 2.75) is 26.7 Å². The van der Waals surface area contributed by atoms with E-state index in [1.165, 1.54) is 5.56 Å². The van der Waals surface area contributed by atoms with E-state index >= 15 is 0 Å². The number of carbonyl (C=O) groups is 1. The molecule has 0 unspecified atom stereocenters. The number of aromatic nitrogens is 2. The van der Waals surface area contributed by atoms with Gasteiger partial charge in [-0.2, -0.15) is 0 Å². The van der Waals surface area contributed by atoms with E-state index in [2.05, 4.69) is 23.8 Å². The Bertz CT molecular complexity index is 649. The fourth-order valence-corrected chi connectivity index (χ4v) is 2.09. The topological polar surface area (TPSA) is 89.1 Å². The third-order valence-corrected chi connectivity index (χ3v) is 3.17. The highest BCUT2D eigenvalue weighted by Gasteiger charge is 2.18. The molecule has 5 nitrogen and oxygen atoms in total. The average molecular weight is 271 g/mol. The molecule has 2 aromatic rings. The molecule has 0 aliphatic carbocycles. The number of nitrogens with two attached hydrogens (primary N) is 1. The molecule has 0 fully saturated rings. The molecule has 0 spiro atoms. The van der Waals surface area contributed by atoms with Crippen LogP contribution in [0.1, 0.15) is 41.4 Å². The Labute approximate surface area is 117 Å². The summed E-state index contributed by atoms with van der Waals surface area (Å²) in [5, 5.41) is 9.32. The quantitative estimate of drug-likeness (QED) is 0.896. The predicted octanol–water partition coefficient (Wildman–Crippen LogP) is 2.86. The van der Waals surface area contributed by atoms with Crippen LogP contribution < -0.4 is 5.73 Å². The molecule has 104 valence electrons. The van der Waals surface area contributed by atoms with Gasteiger partial charge >= 0.3 is 5.97 Å².